The molecular formula is C23H38F2P2. The van der Waals surface area contributed by atoms with Crippen LogP contribution in [0.25, 0.3) is 0 Å². The van der Waals surface area contributed by atoms with E-state index in [9.17, 15) is 8.78 Å². The van der Waals surface area contributed by atoms with Crippen molar-refractivity contribution in [2.45, 2.75) is 101 Å². The normalized spacial score (nSPS) is 28.3. The molecule has 0 bridgehead atoms. The molecule has 3 aliphatic carbocycles. The van der Waals surface area contributed by atoms with Gasteiger partial charge in [0, 0.05) is 18.0 Å². The Balaban J connectivity index is 1.77. The van der Waals surface area contributed by atoms with Crippen molar-refractivity contribution in [3.05, 3.63) is 23.5 Å². The average Bonchev–Trinajstić information content (AvgIpc) is 3.18. The van der Waals surface area contributed by atoms with Gasteiger partial charge in [-0.25, -0.2) is 4.39 Å². The highest BCUT2D eigenvalue weighted by atomic mass is 31.1. The highest BCUT2D eigenvalue weighted by molar-refractivity contribution is 7.63. The number of hydrogen-bond donors (Lipinski definition) is 0. The molecule has 0 aromatic carbocycles. The van der Waals surface area contributed by atoms with Crippen molar-refractivity contribution in [2.75, 3.05) is 6.67 Å². The van der Waals surface area contributed by atoms with E-state index >= 15 is 0 Å². The first-order valence-corrected chi connectivity index (χ1v) is 13.4. The predicted molar refractivity (Wildman–Crippen MR) is 120 cm³/mol. The summed E-state index contributed by atoms with van der Waals surface area (Å²) in [6.45, 7) is 1.63. The van der Waals surface area contributed by atoms with Crippen molar-refractivity contribution < 1.29 is 8.78 Å². The zero-order valence-electron chi connectivity index (χ0n) is 17.0. The maximum atomic E-state index is 14.4. The molecule has 154 valence electrons. The van der Waals surface area contributed by atoms with E-state index in [1.807, 2.05) is 0 Å². The lowest BCUT2D eigenvalue weighted by molar-refractivity contribution is 0.238. The second-order valence-corrected chi connectivity index (χ2v) is 12.5. The van der Waals surface area contributed by atoms with Crippen molar-refractivity contribution in [3.63, 3.8) is 0 Å². The fraction of sp³-hybridized carbons (Fsp3) is 0.826. The van der Waals surface area contributed by atoms with Crippen LogP contribution in [-0.4, -0.2) is 29.8 Å². The van der Waals surface area contributed by atoms with Gasteiger partial charge in [-0.2, -0.15) is 0 Å². The van der Waals surface area contributed by atoms with E-state index in [0.29, 0.717) is 5.92 Å². The lowest BCUT2D eigenvalue weighted by atomic mass is 9.89. The van der Waals surface area contributed by atoms with Gasteiger partial charge in [0.1, 0.15) is 6.17 Å². The Hall–Kier alpha value is 0.200. The molecule has 0 saturated heterocycles. The number of halogens is 2. The fourth-order valence-electron chi connectivity index (χ4n) is 5.49. The van der Waals surface area contributed by atoms with Crippen LogP contribution in [0.4, 0.5) is 8.78 Å². The zero-order chi connectivity index (χ0) is 19.2. The Morgan fingerprint density at radius 2 is 1.59 bits per heavy atom. The van der Waals surface area contributed by atoms with Gasteiger partial charge >= 0.3 is 0 Å². The van der Waals surface area contributed by atoms with Crippen LogP contribution in [0.15, 0.2) is 23.5 Å². The standard InChI is InChI=1S/C23H38F2P2/c1-17(23(26)21(25)15-16-24)20-13-8-14-22(20)27(18-9-4-2-5-10-18)19-11-6-3-7-12-19/h8,13-14,17-21,23H,2-7,9-12,15-16,26H2,1H3. The molecule has 0 aromatic heterocycles. The molecule has 3 rings (SSSR count). The number of hydrogen-bond acceptors (Lipinski definition) is 0. The Kier molecular flexibility index (Phi) is 8.78. The minimum atomic E-state index is -1.05. The molecule has 3 aliphatic rings. The molecule has 0 N–H and O–H groups in total. The van der Waals surface area contributed by atoms with Crippen molar-refractivity contribution in [2.24, 2.45) is 11.8 Å². The Labute approximate surface area is 169 Å². The van der Waals surface area contributed by atoms with Gasteiger partial charge in [0.05, 0.1) is 6.67 Å². The second kappa shape index (κ2) is 10.8. The first-order chi connectivity index (χ1) is 13.1. The molecule has 0 radical (unpaired) electrons. The van der Waals surface area contributed by atoms with Gasteiger partial charge in [0.2, 0.25) is 0 Å². The third kappa shape index (κ3) is 5.42. The van der Waals surface area contributed by atoms with Crippen LogP contribution in [0.1, 0.15) is 77.6 Å². The molecule has 0 aromatic rings. The van der Waals surface area contributed by atoms with Crippen LogP contribution in [0.5, 0.6) is 0 Å². The minimum Gasteiger partial charge on any atom is -0.251 e. The first-order valence-electron chi connectivity index (χ1n) is 11.3. The summed E-state index contributed by atoms with van der Waals surface area (Å²) in [7, 11) is 2.58. The van der Waals surface area contributed by atoms with E-state index in [1.165, 1.54) is 64.2 Å². The molecule has 5 unspecified atom stereocenters. The predicted octanol–water partition coefficient (Wildman–Crippen LogP) is 7.78. The summed E-state index contributed by atoms with van der Waals surface area (Å²) in [5.74, 6) is 0.582. The van der Waals surface area contributed by atoms with E-state index in [0.717, 1.165) is 11.3 Å². The molecular weight excluding hydrogens is 376 g/mol. The Morgan fingerprint density at radius 3 is 2.11 bits per heavy atom. The molecule has 4 heteroatoms. The summed E-state index contributed by atoms with van der Waals surface area (Å²) in [5.41, 5.74) is 1.60. The molecule has 27 heavy (non-hydrogen) atoms. The van der Waals surface area contributed by atoms with Crippen molar-refractivity contribution in [3.8, 4) is 0 Å². The van der Waals surface area contributed by atoms with Gasteiger partial charge in [-0.1, -0.05) is 71.6 Å². The van der Waals surface area contributed by atoms with Gasteiger partial charge in [0.25, 0.3) is 0 Å². The third-order valence-electron chi connectivity index (χ3n) is 7.14. The largest absolute Gasteiger partial charge is 0.251 e. The lowest BCUT2D eigenvalue weighted by Gasteiger charge is -2.42. The summed E-state index contributed by atoms with van der Waals surface area (Å²) >= 11 is 0. The van der Waals surface area contributed by atoms with Crippen LogP contribution in [-0.2, 0) is 0 Å². The smallest absolute Gasteiger partial charge is 0.109 e. The molecule has 2 fully saturated rings. The SMILES string of the molecule is CC(C1C=CC=C1P(C1CCCCC1)C1CCCCC1)C(P)C(F)CCF. The van der Waals surface area contributed by atoms with Gasteiger partial charge in [-0.05, 0) is 48.2 Å². The van der Waals surface area contributed by atoms with E-state index in [4.69, 9.17) is 0 Å². The summed E-state index contributed by atoms with van der Waals surface area (Å²) in [6.07, 6.45) is 19.9. The van der Waals surface area contributed by atoms with Crippen LogP contribution < -0.4 is 0 Å². The lowest BCUT2D eigenvalue weighted by Crippen LogP contribution is -2.30. The average molecular weight is 415 g/mol. The highest BCUT2D eigenvalue weighted by Crippen LogP contribution is 2.64. The molecule has 0 heterocycles. The van der Waals surface area contributed by atoms with Gasteiger partial charge < -0.3 is 0 Å². The maximum Gasteiger partial charge on any atom is 0.109 e. The van der Waals surface area contributed by atoms with Crippen LogP contribution in [0, 0.1) is 11.8 Å². The molecule has 0 aliphatic heterocycles. The van der Waals surface area contributed by atoms with Crippen LogP contribution in [0.3, 0.4) is 0 Å². The summed E-state index contributed by atoms with van der Waals surface area (Å²) in [6, 6.07) is 0. The number of allylic oxidation sites excluding steroid dienone is 4. The Morgan fingerprint density at radius 1 is 1.04 bits per heavy atom. The van der Waals surface area contributed by atoms with E-state index in [1.54, 1.807) is 5.31 Å². The van der Waals surface area contributed by atoms with Crippen LogP contribution in [0.2, 0.25) is 0 Å². The maximum absolute atomic E-state index is 14.4. The van der Waals surface area contributed by atoms with Gasteiger partial charge in [-0.15, -0.1) is 9.24 Å². The first kappa shape index (κ1) is 21.9. The molecule has 0 amide bonds. The fourth-order valence-corrected chi connectivity index (χ4v) is 10.1. The molecule has 2 saturated carbocycles. The van der Waals surface area contributed by atoms with Crippen LogP contribution >= 0.6 is 17.2 Å². The third-order valence-corrected chi connectivity index (χ3v) is 11.8. The van der Waals surface area contributed by atoms with E-state index < -0.39 is 12.8 Å². The second-order valence-electron chi connectivity index (χ2n) is 8.92. The molecule has 5 atom stereocenters. The zero-order valence-corrected chi connectivity index (χ0v) is 19.0. The van der Waals surface area contributed by atoms with E-state index in [2.05, 4.69) is 34.4 Å². The van der Waals surface area contributed by atoms with Gasteiger partial charge in [0.15, 0.2) is 0 Å². The van der Waals surface area contributed by atoms with Crippen molar-refractivity contribution >= 4 is 17.2 Å². The van der Waals surface area contributed by atoms with Crippen molar-refractivity contribution in [1.82, 2.24) is 0 Å². The number of alkyl halides is 2. The summed E-state index contributed by atoms with van der Waals surface area (Å²) in [5, 5.41) is 1.65. The quantitative estimate of drug-likeness (QED) is 0.356. The molecule has 0 nitrogen and oxygen atoms in total. The van der Waals surface area contributed by atoms with E-state index in [-0.39, 0.29) is 25.9 Å². The topological polar surface area (TPSA) is 0 Å². The summed E-state index contributed by atoms with van der Waals surface area (Å²) in [4.78, 5) is 0. The van der Waals surface area contributed by atoms with Gasteiger partial charge in [-0.3, -0.25) is 4.39 Å². The molecule has 0 spiro atoms. The monoisotopic (exact) mass is 414 g/mol. The number of rotatable bonds is 8. The highest BCUT2D eigenvalue weighted by Gasteiger charge is 2.39. The van der Waals surface area contributed by atoms with Crippen molar-refractivity contribution in [1.29, 1.82) is 0 Å². The summed E-state index contributed by atoms with van der Waals surface area (Å²) < 4.78 is 27.1. The Bertz CT molecular complexity index is 489. The minimum absolute atomic E-state index is 0.0357.